The Hall–Kier alpha value is -19.0. The second-order valence-electron chi connectivity index (χ2n) is 36.0. The summed E-state index contributed by atoms with van der Waals surface area (Å²) >= 11 is 0. The van der Waals surface area contributed by atoms with Gasteiger partial charge >= 0.3 is 0 Å². The lowest BCUT2D eigenvalue weighted by Crippen LogP contribution is -2.06. The van der Waals surface area contributed by atoms with Crippen molar-refractivity contribution in [1.29, 1.82) is 0 Å². The fraction of sp³-hybridized carbons (Fsp3) is 0. The first-order chi connectivity index (χ1) is 69.5. The molecule has 0 bridgehead atoms. The van der Waals surface area contributed by atoms with Crippen molar-refractivity contribution in [3.05, 3.63) is 498 Å². The molecule has 30 aromatic rings. The first-order valence-electron chi connectivity index (χ1n) is 47.6. The van der Waals surface area contributed by atoms with Crippen molar-refractivity contribution in [2.24, 2.45) is 0 Å². The molecule has 0 aliphatic heterocycles. The lowest BCUT2D eigenvalue weighted by molar-refractivity contribution is 0.994. The standard InChI is InChI=1S/C47H30N4.C46H29N5.C35H23N3/c1-7-19-41-34(13-1)35-14-2-8-20-42(35)49(41)32-27-25-31(26-28-32)40-29-33(50-43-21-9-3-15-36(43)37-16-4-10-22-44(37)50)30-47(48-40)51-45-23-11-5-17-38(45)39-18-6-12-24-46(39)51;1-7-19-38-32(13-1)33-14-2-8-20-39(33)49(38)31-27-25-30(26-28-31)46-47-44(50-40-21-9-3-15-34(40)35-16-4-10-22-41(35)50)29-45(48-46)51-42-23-11-5-17-36(42)37-18-6-12-24-43(37)51;1-5-13-31-27(9-1)28-10-2-6-14-32(28)37(31)26-20-17-24(18-21-26)25-19-22-35(36-23-25)38-33-15-7-3-11-29(33)30-12-4-8-16-34(30)38/h1-30H;1-29H;1-23H. The van der Waals surface area contributed by atoms with E-state index in [0.717, 1.165) is 107 Å². The van der Waals surface area contributed by atoms with Gasteiger partial charge in [0.1, 0.15) is 23.3 Å². The molecule has 0 fully saturated rings. The quantitative estimate of drug-likeness (QED) is 0.129. The van der Waals surface area contributed by atoms with E-state index in [1.165, 1.54) is 141 Å². The summed E-state index contributed by atoms with van der Waals surface area (Å²) in [6, 6.07) is 175. The molecule has 0 amide bonds. The first kappa shape index (κ1) is 79.5. The minimum Gasteiger partial charge on any atom is -0.309 e. The van der Waals surface area contributed by atoms with Crippen molar-refractivity contribution in [3.8, 4) is 79.8 Å². The van der Waals surface area contributed by atoms with Crippen LogP contribution in [0.15, 0.2) is 498 Å². The Kier molecular flexibility index (Phi) is 18.4. The van der Waals surface area contributed by atoms with Gasteiger partial charge in [-0.05, 0) is 169 Å². The van der Waals surface area contributed by atoms with E-state index in [-0.39, 0.29) is 0 Å². The molecule has 11 aromatic heterocycles. The van der Waals surface area contributed by atoms with Gasteiger partial charge in [0.2, 0.25) is 0 Å². The van der Waals surface area contributed by atoms with Crippen molar-refractivity contribution in [2.45, 2.75) is 0 Å². The molecule has 0 aliphatic carbocycles. The van der Waals surface area contributed by atoms with E-state index < -0.39 is 0 Å². The Morgan fingerprint density at radius 3 is 0.557 bits per heavy atom. The van der Waals surface area contributed by atoms with Gasteiger partial charge in [-0.2, -0.15) is 0 Å². The predicted molar refractivity (Wildman–Crippen MR) is 582 cm³/mol. The molecule has 12 heteroatoms. The van der Waals surface area contributed by atoms with Gasteiger partial charge < -0.3 is 18.3 Å². The summed E-state index contributed by atoms with van der Waals surface area (Å²) in [6.07, 6.45) is 1.98. The van der Waals surface area contributed by atoms with Crippen LogP contribution >= 0.6 is 0 Å². The molecule has 0 spiro atoms. The topological polar surface area (TPSA) is 91.0 Å². The molecule has 140 heavy (non-hydrogen) atoms. The van der Waals surface area contributed by atoms with Gasteiger partial charge in [-0.3, -0.25) is 18.3 Å². The van der Waals surface area contributed by atoms with E-state index >= 15 is 0 Å². The number of nitrogens with zero attached hydrogens (tertiary/aromatic N) is 12. The summed E-state index contributed by atoms with van der Waals surface area (Å²) in [5, 5.41) is 19.7. The molecule has 654 valence electrons. The van der Waals surface area contributed by atoms with Crippen LogP contribution in [0.1, 0.15) is 0 Å². The van der Waals surface area contributed by atoms with E-state index in [1.807, 2.05) is 6.20 Å². The van der Waals surface area contributed by atoms with Crippen molar-refractivity contribution in [1.82, 2.24) is 56.5 Å². The molecule has 19 aromatic carbocycles. The van der Waals surface area contributed by atoms with Crippen LogP contribution < -0.4 is 0 Å². The molecule has 11 heterocycles. The first-order valence-corrected chi connectivity index (χ1v) is 47.6. The molecule has 0 saturated heterocycles. The second kappa shape index (κ2) is 32.4. The molecule has 0 atom stereocenters. The van der Waals surface area contributed by atoms with E-state index in [0.29, 0.717) is 5.82 Å². The predicted octanol–water partition coefficient (Wildman–Crippen LogP) is 32.4. The van der Waals surface area contributed by atoms with Gasteiger partial charge in [0.05, 0.1) is 99.6 Å². The highest BCUT2D eigenvalue weighted by Gasteiger charge is 2.25. The van der Waals surface area contributed by atoms with Crippen LogP contribution in [0.3, 0.4) is 0 Å². The number of fused-ring (bicyclic) bond motifs is 24. The normalized spacial score (nSPS) is 11.9. The third-order valence-electron chi connectivity index (χ3n) is 28.3. The van der Waals surface area contributed by atoms with Gasteiger partial charge in [-0.25, -0.2) is 19.9 Å². The Morgan fingerprint density at radius 1 is 0.129 bits per heavy atom. The maximum absolute atomic E-state index is 5.45. The Balaban J connectivity index is 0.000000104. The molecule has 12 nitrogen and oxygen atoms in total. The largest absolute Gasteiger partial charge is 0.309 e. The second-order valence-corrected chi connectivity index (χ2v) is 36.0. The summed E-state index contributed by atoms with van der Waals surface area (Å²) in [5.41, 5.74) is 28.2. The van der Waals surface area contributed by atoms with Crippen LogP contribution in [0.5, 0.6) is 0 Å². The summed E-state index contributed by atoms with van der Waals surface area (Å²) in [4.78, 5) is 21.0. The van der Waals surface area contributed by atoms with Crippen molar-refractivity contribution < 1.29 is 0 Å². The van der Waals surface area contributed by atoms with Gasteiger partial charge in [0, 0.05) is 138 Å². The SMILES string of the molecule is c1ccc2c(c1)c1ccccc1n2-c1ccc(-c2cc(-n3c4ccccc4c4ccccc43)cc(-n3c4ccccc4c4ccccc43)n2)cc1.c1ccc2c(c1)c1ccccc1n2-c1ccc(-c2ccc(-n3c4ccccc4c4ccccc43)nc2)cc1.c1ccc2c(c1)c1ccccc1n2-c1ccc(-c2nc(-n3c4ccccc4c4ccccc43)cc(-n3c4ccccc4c4ccccc43)n2)cc1. The Morgan fingerprint density at radius 2 is 0.321 bits per heavy atom. The summed E-state index contributed by atoms with van der Waals surface area (Å²) in [5.74, 6) is 4.11. The molecule has 0 saturated carbocycles. The van der Waals surface area contributed by atoms with Gasteiger partial charge in [-0.1, -0.05) is 315 Å². The highest BCUT2D eigenvalue weighted by molar-refractivity contribution is 6.16. The zero-order valence-corrected chi connectivity index (χ0v) is 75.7. The molecular weight excluding hydrogens is 1710 g/mol. The number of benzene rings is 19. The van der Waals surface area contributed by atoms with Crippen molar-refractivity contribution >= 4 is 174 Å². The van der Waals surface area contributed by atoms with Crippen LogP contribution in [0.2, 0.25) is 0 Å². The fourth-order valence-electron chi connectivity index (χ4n) is 22.2. The fourth-order valence-corrected chi connectivity index (χ4v) is 22.2. The molecule has 0 unspecified atom stereocenters. The van der Waals surface area contributed by atoms with Crippen LogP contribution in [-0.4, -0.2) is 56.5 Å². The Bertz CT molecular complexity index is 8950. The highest BCUT2D eigenvalue weighted by atomic mass is 15.2. The van der Waals surface area contributed by atoms with Gasteiger partial charge in [0.25, 0.3) is 0 Å². The van der Waals surface area contributed by atoms with E-state index in [9.17, 15) is 0 Å². The molecule has 0 N–H and O–H groups in total. The highest BCUT2D eigenvalue weighted by Crippen LogP contribution is 2.44. The average Bonchev–Trinajstić information content (AvgIpc) is 1.57. The van der Waals surface area contributed by atoms with Crippen molar-refractivity contribution in [3.63, 3.8) is 0 Å². The summed E-state index contributed by atoms with van der Waals surface area (Å²) in [7, 11) is 0. The number of hydrogen-bond donors (Lipinski definition) is 0. The van der Waals surface area contributed by atoms with E-state index in [1.54, 1.807) is 0 Å². The lowest BCUT2D eigenvalue weighted by Gasteiger charge is -2.15. The van der Waals surface area contributed by atoms with Crippen LogP contribution in [0.25, 0.3) is 254 Å². The van der Waals surface area contributed by atoms with Crippen LogP contribution in [0, 0.1) is 0 Å². The number of pyridine rings is 2. The van der Waals surface area contributed by atoms with E-state index in [2.05, 4.69) is 528 Å². The molecular formula is C128H82N12. The zero-order valence-electron chi connectivity index (χ0n) is 75.7. The number of aromatic nitrogens is 12. The number of rotatable bonds is 11. The monoisotopic (exact) mass is 1790 g/mol. The van der Waals surface area contributed by atoms with Gasteiger partial charge in [0.15, 0.2) is 5.82 Å². The van der Waals surface area contributed by atoms with Crippen LogP contribution in [0.4, 0.5) is 0 Å². The molecule has 30 rings (SSSR count). The summed E-state index contributed by atoms with van der Waals surface area (Å²) < 4.78 is 18.6. The maximum Gasteiger partial charge on any atom is 0.163 e. The number of para-hydroxylation sites is 16. The van der Waals surface area contributed by atoms with Crippen LogP contribution in [-0.2, 0) is 0 Å². The minimum absolute atomic E-state index is 0.667. The average molecular weight is 1790 g/mol. The minimum atomic E-state index is 0.667. The van der Waals surface area contributed by atoms with Gasteiger partial charge in [-0.15, -0.1) is 0 Å². The third kappa shape index (κ3) is 12.7. The van der Waals surface area contributed by atoms with Crippen molar-refractivity contribution in [2.75, 3.05) is 0 Å². The zero-order chi connectivity index (χ0) is 92.0. The smallest absolute Gasteiger partial charge is 0.163 e. The maximum atomic E-state index is 5.45. The third-order valence-corrected chi connectivity index (χ3v) is 28.3. The summed E-state index contributed by atoms with van der Waals surface area (Å²) in [6.45, 7) is 0. The lowest BCUT2D eigenvalue weighted by atomic mass is 10.1. The van der Waals surface area contributed by atoms with E-state index in [4.69, 9.17) is 19.9 Å². The Labute approximate surface area is 802 Å². The molecule has 0 radical (unpaired) electrons. The number of hydrogen-bond acceptors (Lipinski definition) is 4. The molecule has 0 aliphatic rings.